The fraction of sp³-hybridized carbons (Fsp3) is 0.312. The lowest BCUT2D eigenvalue weighted by molar-refractivity contribution is 0.102. The minimum Gasteiger partial charge on any atom is -0.353 e. The monoisotopic (exact) mass is 299 g/mol. The average molecular weight is 299 g/mol. The third-order valence-electron chi connectivity index (χ3n) is 3.03. The molecule has 0 saturated carbocycles. The van der Waals surface area contributed by atoms with Gasteiger partial charge in [-0.2, -0.15) is 0 Å². The first-order valence-electron chi connectivity index (χ1n) is 7.13. The summed E-state index contributed by atoms with van der Waals surface area (Å²) >= 11 is 0. The van der Waals surface area contributed by atoms with Crippen LogP contribution in [0.2, 0.25) is 0 Å². The number of hydrogen-bond acceptors (Lipinski definition) is 5. The lowest BCUT2D eigenvalue weighted by atomic mass is 10.2. The number of nitrogens with one attached hydrogen (secondary N) is 2. The standard InChI is InChI=1S/C16H21N5O/c1-12-5-4-6-14(9-12)20-15(22)13-10-18-16(19-11-13)17-7-8-21(2)3/h4-6,9-11H,7-8H2,1-3H3,(H,20,22)(H,17,18,19). The zero-order chi connectivity index (χ0) is 15.9. The summed E-state index contributed by atoms with van der Waals surface area (Å²) in [6, 6.07) is 7.64. The zero-order valence-electron chi connectivity index (χ0n) is 13.1. The molecule has 2 aromatic rings. The van der Waals surface area contributed by atoms with Crippen molar-refractivity contribution >= 4 is 17.5 Å². The summed E-state index contributed by atoms with van der Waals surface area (Å²) < 4.78 is 0. The van der Waals surface area contributed by atoms with E-state index in [1.807, 2.05) is 45.3 Å². The maximum atomic E-state index is 12.1. The Kier molecular flexibility index (Phi) is 5.43. The first-order chi connectivity index (χ1) is 10.5. The van der Waals surface area contributed by atoms with Crippen LogP contribution in [0.4, 0.5) is 11.6 Å². The van der Waals surface area contributed by atoms with Gasteiger partial charge in [0.25, 0.3) is 5.91 Å². The van der Waals surface area contributed by atoms with Crippen molar-refractivity contribution in [3.8, 4) is 0 Å². The molecule has 1 amide bonds. The van der Waals surface area contributed by atoms with Crippen LogP contribution in [0.25, 0.3) is 0 Å². The molecule has 1 heterocycles. The minimum atomic E-state index is -0.217. The van der Waals surface area contributed by atoms with E-state index in [-0.39, 0.29) is 5.91 Å². The number of benzene rings is 1. The molecule has 0 spiro atoms. The van der Waals surface area contributed by atoms with E-state index in [0.29, 0.717) is 11.5 Å². The summed E-state index contributed by atoms with van der Waals surface area (Å²) in [4.78, 5) is 22.5. The Bertz CT molecular complexity index is 625. The van der Waals surface area contributed by atoms with Crippen LogP contribution in [-0.4, -0.2) is 48.0 Å². The Morgan fingerprint density at radius 2 is 1.95 bits per heavy atom. The van der Waals surface area contributed by atoms with Gasteiger partial charge in [-0.15, -0.1) is 0 Å². The van der Waals surface area contributed by atoms with Gasteiger partial charge < -0.3 is 15.5 Å². The van der Waals surface area contributed by atoms with Crippen molar-refractivity contribution in [2.75, 3.05) is 37.8 Å². The topological polar surface area (TPSA) is 70.2 Å². The fourth-order valence-corrected chi connectivity index (χ4v) is 1.85. The summed E-state index contributed by atoms with van der Waals surface area (Å²) in [5.41, 5.74) is 2.28. The second kappa shape index (κ2) is 7.51. The van der Waals surface area contributed by atoms with Crippen LogP contribution in [0.1, 0.15) is 15.9 Å². The predicted molar refractivity (Wildman–Crippen MR) is 88.2 cm³/mol. The largest absolute Gasteiger partial charge is 0.353 e. The molecule has 6 nitrogen and oxygen atoms in total. The third-order valence-corrected chi connectivity index (χ3v) is 3.03. The van der Waals surface area contributed by atoms with Crippen LogP contribution >= 0.6 is 0 Å². The van der Waals surface area contributed by atoms with E-state index in [0.717, 1.165) is 24.3 Å². The molecule has 1 aromatic carbocycles. The van der Waals surface area contributed by atoms with Gasteiger partial charge in [0.1, 0.15) is 0 Å². The van der Waals surface area contributed by atoms with Gasteiger partial charge in [-0.1, -0.05) is 12.1 Å². The predicted octanol–water partition coefficient (Wildman–Crippen LogP) is 2.01. The second-order valence-corrected chi connectivity index (χ2v) is 5.35. The van der Waals surface area contributed by atoms with Gasteiger partial charge in [0, 0.05) is 31.2 Å². The van der Waals surface area contributed by atoms with Crippen LogP contribution in [0.15, 0.2) is 36.7 Å². The molecule has 0 atom stereocenters. The SMILES string of the molecule is Cc1cccc(NC(=O)c2cnc(NCCN(C)C)nc2)c1. The highest BCUT2D eigenvalue weighted by molar-refractivity contribution is 6.03. The van der Waals surface area contributed by atoms with Crippen LogP contribution in [0.3, 0.4) is 0 Å². The molecule has 1 aromatic heterocycles. The van der Waals surface area contributed by atoms with Crippen molar-refractivity contribution in [3.63, 3.8) is 0 Å². The maximum Gasteiger partial charge on any atom is 0.258 e. The van der Waals surface area contributed by atoms with Crippen LogP contribution in [-0.2, 0) is 0 Å². The first kappa shape index (κ1) is 15.9. The molecule has 2 N–H and O–H groups in total. The first-order valence-corrected chi connectivity index (χ1v) is 7.13. The highest BCUT2D eigenvalue weighted by Crippen LogP contribution is 2.11. The number of carbonyl (C=O) groups is 1. The van der Waals surface area contributed by atoms with Gasteiger partial charge in [0.15, 0.2) is 0 Å². The van der Waals surface area contributed by atoms with Crippen molar-refractivity contribution in [1.82, 2.24) is 14.9 Å². The molecule has 0 fully saturated rings. The fourth-order valence-electron chi connectivity index (χ4n) is 1.85. The maximum absolute atomic E-state index is 12.1. The second-order valence-electron chi connectivity index (χ2n) is 5.35. The van der Waals surface area contributed by atoms with E-state index in [1.165, 1.54) is 12.4 Å². The Morgan fingerprint density at radius 3 is 2.59 bits per heavy atom. The summed E-state index contributed by atoms with van der Waals surface area (Å²) in [5, 5.41) is 5.93. The van der Waals surface area contributed by atoms with Gasteiger partial charge in [-0.25, -0.2) is 9.97 Å². The molecule has 0 unspecified atom stereocenters. The number of aryl methyl sites for hydroxylation is 1. The number of likely N-dealkylation sites (N-methyl/N-ethyl adjacent to an activating group) is 1. The highest BCUT2D eigenvalue weighted by atomic mass is 16.1. The average Bonchev–Trinajstić information content (AvgIpc) is 2.47. The number of anilines is 2. The minimum absolute atomic E-state index is 0.217. The molecule has 2 rings (SSSR count). The van der Waals surface area contributed by atoms with Crippen molar-refractivity contribution in [1.29, 1.82) is 0 Å². The number of rotatable bonds is 6. The van der Waals surface area contributed by atoms with Gasteiger partial charge in [0.05, 0.1) is 5.56 Å². The number of amides is 1. The van der Waals surface area contributed by atoms with Crippen molar-refractivity contribution in [2.45, 2.75) is 6.92 Å². The summed E-state index contributed by atoms with van der Waals surface area (Å²) in [5.74, 6) is 0.305. The Hall–Kier alpha value is -2.47. The normalized spacial score (nSPS) is 10.5. The number of carbonyl (C=O) groups excluding carboxylic acids is 1. The highest BCUT2D eigenvalue weighted by Gasteiger charge is 2.07. The molecule has 6 heteroatoms. The zero-order valence-corrected chi connectivity index (χ0v) is 13.1. The molecule has 0 aliphatic carbocycles. The van der Waals surface area contributed by atoms with Crippen molar-refractivity contribution in [3.05, 3.63) is 47.8 Å². The molecule has 0 aliphatic heterocycles. The van der Waals surface area contributed by atoms with E-state index < -0.39 is 0 Å². The van der Waals surface area contributed by atoms with Gasteiger partial charge >= 0.3 is 0 Å². The lowest BCUT2D eigenvalue weighted by Gasteiger charge is -2.10. The quantitative estimate of drug-likeness (QED) is 0.854. The number of aromatic nitrogens is 2. The van der Waals surface area contributed by atoms with E-state index in [9.17, 15) is 4.79 Å². The molecular formula is C16H21N5O. The summed E-state index contributed by atoms with van der Waals surface area (Å²) in [7, 11) is 4.00. The molecule has 0 radical (unpaired) electrons. The molecule has 0 aliphatic rings. The van der Waals surface area contributed by atoms with Crippen molar-refractivity contribution in [2.24, 2.45) is 0 Å². The van der Waals surface area contributed by atoms with E-state index in [1.54, 1.807) is 0 Å². The van der Waals surface area contributed by atoms with Gasteiger partial charge in [-0.3, -0.25) is 4.79 Å². The van der Waals surface area contributed by atoms with Crippen LogP contribution in [0, 0.1) is 6.92 Å². The Morgan fingerprint density at radius 1 is 1.23 bits per heavy atom. The van der Waals surface area contributed by atoms with E-state index in [2.05, 4.69) is 25.5 Å². The number of nitrogens with zero attached hydrogens (tertiary/aromatic N) is 3. The summed E-state index contributed by atoms with van der Waals surface area (Å²) in [6.07, 6.45) is 3.05. The van der Waals surface area contributed by atoms with Crippen LogP contribution in [0.5, 0.6) is 0 Å². The van der Waals surface area contributed by atoms with E-state index in [4.69, 9.17) is 0 Å². The molecule has 0 bridgehead atoms. The molecule has 22 heavy (non-hydrogen) atoms. The number of hydrogen-bond donors (Lipinski definition) is 2. The lowest BCUT2D eigenvalue weighted by Crippen LogP contribution is -2.21. The van der Waals surface area contributed by atoms with Gasteiger partial charge in [0.2, 0.25) is 5.95 Å². The molecular weight excluding hydrogens is 278 g/mol. The van der Waals surface area contributed by atoms with Crippen molar-refractivity contribution < 1.29 is 4.79 Å². The smallest absolute Gasteiger partial charge is 0.258 e. The van der Waals surface area contributed by atoms with E-state index >= 15 is 0 Å². The molecule has 0 saturated heterocycles. The van der Waals surface area contributed by atoms with Crippen LogP contribution < -0.4 is 10.6 Å². The Balaban J connectivity index is 1.93. The summed E-state index contributed by atoms with van der Waals surface area (Å²) in [6.45, 7) is 3.62. The third kappa shape index (κ3) is 4.82. The Labute approximate surface area is 130 Å². The van der Waals surface area contributed by atoms with Gasteiger partial charge in [-0.05, 0) is 38.7 Å². The molecule has 116 valence electrons.